The van der Waals surface area contributed by atoms with E-state index in [1.807, 2.05) is 6.92 Å². The third-order valence-corrected chi connectivity index (χ3v) is 3.80. The molecule has 0 bridgehead atoms. The number of ketones is 1. The van der Waals surface area contributed by atoms with Gasteiger partial charge in [-0.2, -0.15) is 4.98 Å². The van der Waals surface area contributed by atoms with E-state index in [-0.39, 0.29) is 18.2 Å². The molecule has 0 radical (unpaired) electrons. The van der Waals surface area contributed by atoms with E-state index < -0.39 is 0 Å². The second-order valence-electron chi connectivity index (χ2n) is 5.63. The SMILES string of the molecule is CCc1noc(CN(C)C(=O)c2ccc(C(=O)c3cc[nH]c3)cc2)n1. The number of carbonyl (C=O) groups is 2. The number of aromatic nitrogens is 3. The third-order valence-electron chi connectivity index (χ3n) is 3.80. The highest BCUT2D eigenvalue weighted by atomic mass is 16.5. The lowest BCUT2D eigenvalue weighted by atomic mass is 10.0. The van der Waals surface area contributed by atoms with E-state index in [4.69, 9.17) is 4.52 Å². The van der Waals surface area contributed by atoms with Gasteiger partial charge in [-0.1, -0.05) is 24.2 Å². The first-order chi connectivity index (χ1) is 12.1. The fourth-order valence-corrected chi connectivity index (χ4v) is 2.39. The van der Waals surface area contributed by atoms with Gasteiger partial charge in [-0.3, -0.25) is 9.59 Å². The molecule has 3 aromatic rings. The van der Waals surface area contributed by atoms with Gasteiger partial charge in [0.05, 0.1) is 6.54 Å². The number of hydrogen-bond donors (Lipinski definition) is 1. The van der Waals surface area contributed by atoms with E-state index >= 15 is 0 Å². The molecule has 0 saturated carbocycles. The van der Waals surface area contributed by atoms with Gasteiger partial charge in [-0.15, -0.1) is 0 Å². The standard InChI is InChI=1S/C18H18N4O3/c1-3-15-20-16(25-21-15)11-22(2)18(24)13-6-4-12(5-7-13)17(23)14-8-9-19-10-14/h4-10,19H,3,11H2,1-2H3. The Morgan fingerprint density at radius 3 is 2.44 bits per heavy atom. The highest BCUT2D eigenvalue weighted by Gasteiger charge is 2.16. The summed E-state index contributed by atoms with van der Waals surface area (Å²) in [7, 11) is 1.66. The Labute approximate surface area is 144 Å². The molecule has 7 nitrogen and oxygen atoms in total. The maximum Gasteiger partial charge on any atom is 0.254 e. The van der Waals surface area contributed by atoms with Crippen LogP contribution in [0.2, 0.25) is 0 Å². The van der Waals surface area contributed by atoms with Crippen LogP contribution < -0.4 is 0 Å². The van der Waals surface area contributed by atoms with Gasteiger partial charge in [0.15, 0.2) is 11.6 Å². The minimum atomic E-state index is -0.183. The molecule has 0 spiro atoms. The molecular formula is C18H18N4O3. The number of rotatable bonds is 6. The molecule has 2 heterocycles. The first-order valence-corrected chi connectivity index (χ1v) is 7.93. The van der Waals surface area contributed by atoms with E-state index in [0.717, 1.165) is 0 Å². The number of aryl methyl sites for hydroxylation is 1. The quantitative estimate of drug-likeness (QED) is 0.697. The first-order valence-electron chi connectivity index (χ1n) is 7.93. The maximum absolute atomic E-state index is 12.5. The Kier molecular flexibility index (Phi) is 4.74. The molecule has 0 aliphatic heterocycles. The Morgan fingerprint density at radius 2 is 1.84 bits per heavy atom. The van der Waals surface area contributed by atoms with E-state index in [2.05, 4.69) is 15.1 Å². The summed E-state index contributed by atoms with van der Waals surface area (Å²) >= 11 is 0. The van der Waals surface area contributed by atoms with Crippen LogP contribution in [-0.4, -0.2) is 38.8 Å². The minimum absolute atomic E-state index is 0.0911. The summed E-state index contributed by atoms with van der Waals surface area (Å²) in [5, 5.41) is 3.81. The number of nitrogens with one attached hydrogen (secondary N) is 1. The lowest BCUT2D eigenvalue weighted by molar-refractivity contribution is 0.0769. The average Bonchev–Trinajstić information content (AvgIpc) is 3.32. The molecule has 25 heavy (non-hydrogen) atoms. The molecule has 2 aromatic heterocycles. The van der Waals surface area contributed by atoms with Gasteiger partial charge in [0, 0.05) is 42.6 Å². The van der Waals surface area contributed by atoms with Gasteiger partial charge in [0.1, 0.15) is 0 Å². The van der Waals surface area contributed by atoms with E-state index in [9.17, 15) is 9.59 Å². The first kappa shape index (κ1) is 16.6. The van der Waals surface area contributed by atoms with Crippen molar-refractivity contribution >= 4 is 11.7 Å². The summed E-state index contributed by atoms with van der Waals surface area (Å²) in [4.78, 5) is 33.3. The lowest BCUT2D eigenvalue weighted by Crippen LogP contribution is -2.26. The van der Waals surface area contributed by atoms with Gasteiger partial charge >= 0.3 is 0 Å². The molecule has 1 amide bonds. The van der Waals surface area contributed by atoms with Gasteiger partial charge in [0.2, 0.25) is 5.89 Å². The van der Waals surface area contributed by atoms with Crippen LogP contribution in [0.25, 0.3) is 0 Å². The summed E-state index contributed by atoms with van der Waals surface area (Å²) in [5.41, 5.74) is 1.60. The number of hydrogen-bond acceptors (Lipinski definition) is 5. The normalized spacial score (nSPS) is 10.6. The summed E-state index contributed by atoms with van der Waals surface area (Å²) < 4.78 is 5.10. The van der Waals surface area contributed by atoms with Crippen LogP contribution in [0.3, 0.4) is 0 Å². The molecular weight excluding hydrogens is 320 g/mol. The monoisotopic (exact) mass is 338 g/mol. The van der Waals surface area contributed by atoms with E-state index in [0.29, 0.717) is 34.8 Å². The number of carbonyl (C=O) groups excluding carboxylic acids is 2. The smallest absolute Gasteiger partial charge is 0.254 e. The predicted octanol–water partition coefficient (Wildman–Crippen LogP) is 2.46. The van der Waals surface area contributed by atoms with Crippen LogP contribution in [0.5, 0.6) is 0 Å². The van der Waals surface area contributed by atoms with Crippen LogP contribution >= 0.6 is 0 Å². The number of amides is 1. The summed E-state index contributed by atoms with van der Waals surface area (Å²) in [6.07, 6.45) is 4.02. The second-order valence-corrected chi connectivity index (χ2v) is 5.63. The molecule has 0 fully saturated rings. The van der Waals surface area contributed by atoms with Crippen molar-refractivity contribution in [2.45, 2.75) is 19.9 Å². The zero-order valence-electron chi connectivity index (χ0n) is 14.0. The highest BCUT2D eigenvalue weighted by molar-refractivity contribution is 6.09. The predicted molar refractivity (Wildman–Crippen MR) is 90.1 cm³/mol. The van der Waals surface area contributed by atoms with Crippen molar-refractivity contribution in [2.75, 3.05) is 7.05 Å². The van der Waals surface area contributed by atoms with Gasteiger partial charge in [-0.05, 0) is 18.2 Å². The number of aromatic amines is 1. The van der Waals surface area contributed by atoms with E-state index in [1.54, 1.807) is 49.8 Å². The van der Waals surface area contributed by atoms with Crippen molar-refractivity contribution in [1.29, 1.82) is 0 Å². The lowest BCUT2D eigenvalue weighted by Gasteiger charge is -2.14. The molecule has 7 heteroatoms. The topological polar surface area (TPSA) is 92.1 Å². The van der Waals surface area contributed by atoms with Crippen LogP contribution in [0.15, 0.2) is 47.2 Å². The molecule has 1 aromatic carbocycles. The molecule has 1 N–H and O–H groups in total. The molecule has 3 rings (SSSR count). The van der Waals surface area contributed by atoms with E-state index in [1.165, 1.54) is 4.90 Å². The van der Waals surface area contributed by atoms with Crippen molar-refractivity contribution in [3.63, 3.8) is 0 Å². The fourth-order valence-electron chi connectivity index (χ4n) is 2.39. The van der Waals surface area contributed by atoms with Crippen molar-refractivity contribution in [3.05, 3.63) is 71.1 Å². The van der Waals surface area contributed by atoms with Gasteiger partial charge in [-0.25, -0.2) is 0 Å². The highest BCUT2D eigenvalue weighted by Crippen LogP contribution is 2.13. The molecule has 128 valence electrons. The van der Waals surface area contributed by atoms with Crippen molar-refractivity contribution in [3.8, 4) is 0 Å². The summed E-state index contributed by atoms with van der Waals surface area (Å²) in [5.74, 6) is 0.735. The average molecular weight is 338 g/mol. The largest absolute Gasteiger partial charge is 0.367 e. The zero-order chi connectivity index (χ0) is 17.8. The Balaban J connectivity index is 1.68. The molecule has 0 unspecified atom stereocenters. The Morgan fingerprint density at radius 1 is 1.12 bits per heavy atom. The maximum atomic E-state index is 12.5. The molecule has 0 aliphatic rings. The number of benzene rings is 1. The zero-order valence-corrected chi connectivity index (χ0v) is 14.0. The van der Waals surface area contributed by atoms with Gasteiger partial charge < -0.3 is 14.4 Å². The van der Waals surface area contributed by atoms with Crippen LogP contribution in [0.4, 0.5) is 0 Å². The van der Waals surface area contributed by atoms with Crippen LogP contribution in [-0.2, 0) is 13.0 Å². The van der Waals surface area contributed by atoms with Crippen molar-refractivity contribution < 1.29 is 14.1 Å². The molecule has 0 atom stereocenters. The Bertz CT molecular complexity index is 866. The summed E-state index contributed by atoms with van der Waals surface area (Å²) in [6.45, 7) is 2.16. The summed E-state index contributed by atoms with van der Waals surface area (Å²) in [6, 6.07) is 8.30. The van der Waals surface area contributed by atoms with Crippen LogP contribution in [0, 0.1) is 0 Å². The van der Waals surface area contributed by atoms with Crippen LogP contribution in [0.1, 0.15) is 44.9 Å². The minimum Gasteiger partial charge on any atom is -0.367 e. The van der Waals surface area contributed by atoms with Gasteiger partial charge in [0.25, 0.3) is 5.91 Å². The third kappa shape index (κ3) is 3.65. The molecule has 0 saturated heterocycles. The fraction of sp³-hybridized carbons (Fsp3) is 0.222. The Hall–Kier alpha value is -3.22. The molecule has 0 aliphatic carbocycles. The number of H-pyrrole nitrogens is 1. The second kappa shape index (κ2) is 7.12. The van der Waals surface area contributed by atoms with Crippen molar-refractivity contribution in [1.82, 2.24) is 20.0 Å². The van der Waals surface area contributed by atoms with Crippen molar-refractivity contribution in [2.24, 2.45) is 0 Å². The number of nitrogens with zero attached hydrogens (tertiary/aromatic N) is 3.